The van der Waals surface area contributed by atoms with E-state index in [9.17, 15) is 9.59 Å². The van der Waals surface area contributed by atoms with Crippen molar-refractivity contribution >= 4 is 35.2 Å². The Kier molecular flexibility index (Phi) is 8.00. The van der Waals surface area contributed by atoms with Crippen molar-refractivity contribution in [2.24, 2.45) is 0 Å². The molecule has 2 rings (SSSR count). The molecule has 1 N–H and O–H groups in total. The van der Waals surface area contributed by atoms with E-state index in [1.165, 1.54) is 0 Å². The molecule has 26 heavy (non-hydrogen) atoms. The predicted molar refractivity (Wildman–Crippen MR) is 101 cm³/mol. The third-order valence-electron chi connectivity index (χ3n) is 3.30. The summed E-state index contributed by atoms with van der Waals surface area (Å²) in [6, 6.07) is 16.6. The van der Waals surface area contributed by atoms with E-state index in [1.54, 1.807) is 23.9 Å². The second-order valence-electron chi connectivity index (χ2n) is 5.27. The maximum absolute atomic E-state index is 11.9. The Balaban J connectivity index is 1.78. The van der Waals surface area contributed by atoms with Crippen molar-refractivity contribution in [1.82, 2.24) is 5.32 Å². The van der Waals surface area contributed by atoms with Crippen LogP contribution in [0.5, 0.6) is 0 Å². The average Bonchev–Trinajstić information content (AvgIpc) is 2.66. The van der Waals surface area contributed by atoms with E-state index in [0.717, 1.165) is 16.2 Å². The van der Waals surface area contributed by atoms with E-state index in [1.807, 2.05) is 42.5 Å². The summed E-state index contributed by atoms with van der Waals surface area (Å²) in [5.41, 5.74) is 1.45. The van der Waals surface area contributed by atoms with Crippen LogP contribution < -0.4 is 5.32 Å². The quantitative estimate of drug-likeness (QED) is 0.422. The SMILES string of the molecule is N#CCCNC(=O)COC(=O)c1ccc(CSc2ccc(Cl)cc2)cc1. The third-order valence-corrected chi connectivity index (χ3v) is 4.64. The number of thioether (sulfide) groups is 1. The summed E-state index contributed by atoms with van der Waals surface area (Å²) in [6.07, 6.45) is 0.217. The zero-order valence-electron chi connectivity index (χ0n) is 13.9. The molecule has 0 aliphatic rings. The van der Waals surface area contributed by atoms with E-state index in [2.05, 4.69) is 5.32 Å². The summed E-state index contributed by atoms with van der Waals surface area (Å²) in [5.74, 6) is -0.222. The van der Waals surface area contributed by atoms with Gasteiger partial charge >= 0.3 is 5.97 Å². The lowest BCUT2D eigenvalue weighted by atomic mass is 10.1. The largest absolute Gasteiger partial charge is 0.452 e. The number of ether oxygens (including phenoxy) is 1. The Morgan fingerprint density at radius 1 is 1.12 bits per heavy atom. The first-order chi connectivity index (χ1) is 12.6. The first-order valence-corrected chi connectivity index (χ1v) is 9.23. The molecule has 0 saturated carbocycles. The summed E-state index contributed by atoms with van der Waals surface area (Å²) in [7, 11) is 0. The van der Waals surface area contributed by atoms with Crippen LogP contribution in [0.25, 0.3) is 0 Å². The highest BCUT2D eigenvalue weighted by atomic mass is 35.5. The van der Waals surface area contributed by atoms with Crippen molar-refractivity contribution in [3.8, 4) is 6.07 Å². The van der Waals surface area contributed by atoms with Crippen LogP contribution in [-0.2, 0) is 15.3 Å². The fourth-order valence-electron chi connectivity index (χ4n) is 1.96. The predicted octanol–water partition coefficient (Wildman–Crippen LogP) is 3.82. The van der Waals surface area contributed by atoms with Gasteiger partial charge in [0.15, 0.2) is 6.61 Å². The van der Waals surface area contributed by atoms with Gasteiger partial charge in [-0.3, -0.25) is 4.79 Å². The first-order valence-electron chi connectivity index (χ1n) is 7.86. The molecular weight excluding hydrogens is 372 g/mol. The van der Waals surface area contributed by atoms with Crippen molar-refractivity contribution < 1.29 is 14.3 Å². The molecule has 0 aromatic heterocycles. The zero-order chi connectivity index (χ0) is 18.8. The lowest BCUT2D eigenvalue weighted by Gasteiger charge is -2.06. The lowest BCUT2D eigenvalue weighted by molar-refractivity contribution is -0.124. The standard InChI is InChI=1S/C19H17ClN2O3S/c20-16-6-8-17(9-7-16)26-13-14-2-4-15(5-3-14)19(24)25-12-18(23)22-11-1-10-21/h2-9H,1,11-13H2,(H,22,23). The molecular formula is C19H17ClN2O3S. The van der Waals surface area contributed by atoms with Gasteiger partial charge in [-0.25, -0.2) is 4.79 Å². The van der Waals surface area contributed by atoms with Gasteiger partial charge in [0.2, 0.25) is 0 Å². The number of nitrogens with one attached hydrogen (secondary N) is 1. The van der Waals surface area contributed by atoms with Crippen LogP contribution in [0, 0.1) is 11.3 Å². The number of benzene rings is 2. The maximum atomic E-state index is 11.9. The average molecular weight is 389 g/mol. The molecule has 0 spiro atoms. The number of hydrogen-bond acceptors (Lipinski definition) is 5. The molecule has 0 aliphatic heterocycles. The lowest BCUT2D eigenvalue weighted by Crippen LogP contribution is -2.29. The second kappa shape index (κ2) is 10.5. The van der Waals surface area contributed by atoms with Gasteiger partial charge in [0.1, 0.15) is 0 Å². The molecule has 7 heteroatoms. The minimum Gasteiger partial charge on any atom is -0.452 e. The number of carbonyl (C=O) groups excluding carboxylic acids is 2. The van der Waals surface area contributed by atoms with Crippen LogP contribution in [0.15, 0.2) is 53.4 Å². The third kappa shape index (κ3) is 6.79. The smallest absolute Gasteiger partial charge is 0.338 e. The van der Waals surface area contributed by atoms with Crippen LogP contribution in [0.3, 0.4) is 0 Å². The molecule has 1 amide bonds. The highest BCUT2D eigenvalue weighted by molar-refractivity contribution is 7.98. The summed E-state index contributed by atoms with van der Waals surface area (Å²) in [6.45, 7) is -0.120. The number of rotatable bonds is 8. The minimum absolute atomic E-state index is 0.217. The Morgan fingerprint density at radius 2 is 1.81 bits per heavy atom. The van der Waals surface area contributed by atoms with Crippen LogP contribution >= 0.6 is 23.4 Å². The van der Waals surface area contributed by atoms with Crippen molar-refractivity contribution in [2.75, 3.05) is 13.2 Å². The Morgan fingerprint density at radius 3 is 2.46 bits per heavy atom. The van der Waals surface area contributed by atoms with Crippen molar-refractivity contribution in [2.45, 2.75) is 17.1 Å². The Hall–Kier alpha value is -2.49. The Bertz CT molecular complexity index is 786. The topological polar surface area (TPSA) is 79.2 Å². The van der Waals surface area contributed by atoms with E-state index in [-0.39, 0.29) is 19.6 Å². The van der Waals surface area contributed by atoms with Crippen LogP contribution in [0.1, 0.15) is 22.3 Å². The van der Waals surface area contributed by atoms with Crippen molar-refractivity contribution in [1.29, 1.82) is 5.26 Å². The van der Waals surface area contributed by atoms with Crippen LogP contribution in [0.2, 0.25) is 5.02 Å². The number of amides is 1. The molecule has 0 bridgehead atoms. The molecule has 2 aromatic rings. The number of nitrogens with zero attached hydrogens (tertiary/aromatic N) is 1. The normalized spacial score (nSPS) is 10.0. The first kappa shape index (κ1) is 19.8. The summed E-state index contributed by atoms with van der Waals surface area (Å²) >= 11 is 7.53. The molecule has 0 aliphatic carbocycles. The number of hydrogen-bond donors (Lipinski definition) is 1. The number of esters is 1. The molecule has 0 unspecified atom stereocenters. The highest BCUT2D eigenvalue weighted by Crippen LogP contribution is 2.24. The van der Waals surface area contributed by atoms with E-state index in [4.69, 9.17) is 21.6 Å². The van der Waals surface area contributed by atoms with Crippen LogP contribution in [-0.4, -0.2) is 25.0 Å². The van der Waals surface area contributed by atoms with Gasteiger partial charge in [0, 0.05) is 22.2 Å². The Labute approximate surface area is 161 Å². The summed E-state index contributed by atoms with van der Waals surface area (Å²) in [5, 5.41) is 11.6. The van der Waals surface area contributed by atoms with Gasteiger partial charge < -0.3 is 10.1 Å². The fourth-order valence-corrected chi connectivity index (χ4v) is 2.94. The van der Waals surface area contributed by atoms with Crippen LogP contribution in [0.4, 0.5) is 0 Å². The fraction of sp³-hybridized carbons (Fsp3) is 0.211. The molecule has 0 radical (unpaired) electrons. The highest BCUT2D eigenvalue weighted by Gasteiger charge is 2.10. The number of halogens is 1. The minimum atomic E-state index is -0.558. The summed E-state index contributed by atoms with van der Waals surface area (Å²) in [4.78, 5) is 24.5. The molecule has 0 saturated heterocycles. The van der Waals surface area contributed by atoms with Gasteiger partial charge in [-0.05, 0) is 42.0 Å². The van der Waals surface area contributed by atoms with Gasteiger partial charge in [0.25, 0.3) is 5.91 Å². The van der Waals surface area contributed by atoms with Gasteiger partial charge in [0.05, 0.1) is 18.1 Å². The van der Waals surface area contributed by atoms with Gasteiger partial charge in [-0.15, -0.1) is 11.8 Å². The molecule has 5 nitrogen and oxygen atoms in total. The van der Waals surface area contributed by atoms with Gasteiger partial charge in [-0.1, -0.05) is 23.7 Å². The number of carbonyl (C=O) groups is 2. The molecule has 0 heterocycles. The monoisotopic (exact) mass is 388 g/mol. The van der Waals surface area contributed by atoms with E-state index >= 15 is 0 Å². The molecule has 0 atom stereocenters. The number of nitriles is 1. The second-order valence-corrected chi connectivity index (χ2v) is 6.76. The van der Waals surface area contributed by atoms with Gasteiger partial charge in [-0.2, -0.15) is 5.26 Å². The van der Waals surface area contributed by atoms with E-state index in [0.29, 0.717) is 10.6 Å². The molecule has 2 aromatic carbocycles. The zero-order valence-corrected chi connectivity index (χ0v) is 15.5. The van der Waals surface area contributed by atoms with Crippen molar-refractivity contribution in [3.05, 3.63) is 64.7 Å². The maximum Gasteiger partial charge on any atom is 0.338 e. The molecule has 0 fully saturated rings. The van der Waals surface area contributed by atoms with Crippen molar-refractivity contribution in [3.63, 3.8) is 0 Å². The summed E-state index contributed by atoms with van der Waals surface area (Å²) < 4.78 is 4.95. The molecule has 134 valence electrons. The van der Waals surface area contributed by atoms with E-state index < -0.39 is 11.9 Å².